The maximum absolute atomic E-state index is 10.2. The predicted molar refractivity (Wildman–Crippen MR) is 46.6 cm³/mol. The maximum atomic E-state index is 10.2. The van der Waals surface area contributed by atoms with Gasteiger partial charge in [-0.15, -0.1) is 11.5 Å². The van der Waals surface area contributed by atoms with E-state index in [4.69, 9.17) is 11.6 Å². The molecule has 0 aromatic carbocycles. The van der Waals surface area contributed by atoms with E-state index in [0.717, 1.165) is 0 Å². The Morgan fingerprint density at radius 3 is 2.30 bits per heavy atom. The van der Waals surface area contributed by atoms with Crippen LogP contribution in [0.15, 0.2) is 0 Å². The third-order valence-corrected chi connectivity index (χ3v) is 1.75. The van der Waals surface area contributed by atoms with Crippen LogP contribution in [0.1, 0.15) is 6.42 Å². The van der Waals surface area contributed by atoms with E-state index in [2.05, 4.69) is 31.1 Å². The molecule has 0 aromatic heterocycles. The standard InChI is InChI=1S/C7H11ClOSi/c1-10(2,3)6-4-5-7(8)9/h5H2,1-3H3. The van der Waals surface area contributed by atoms with Crippen molar-refractivity contribution in [3.8, 4) is 11.5 Å². The van der Waals surface area contributed by atoms with Gasteiger partial charge in [0.25, 0.3) is 0 Å². The highest BCUT2D eigenvalue weighted by atomic mass is 35.5. The van der Waals surface area contributed by atoms with Gasteiger partial charge < -0.3 is 0 Å². The first-order valence-electron chi connectivity index (χ1n) is 3.10. The molecule has 0 spiro atoms. The van der Waals surface area contributed by atoms with Crippen molar-refractivity contribution < 1.29 is 4.79 Å². The molecular formula is C7H11ClOSi. The summed E-state index contributed by atoms with van der Waals surface area (Å²) >= 11 is 5.08. The van der Waals surface area contributed by atoms with Crippen LogP contribution >= 0.6 is 11.6 Å². The van der Waals surface area contributed by atoms with Crippen molar-refractivity contribution in [3.63, 3.8) is 0 Å². The fourth-order valence-electron chi connectivity index (χ4n) is 0.379. The lowest BCUT2D eigenvalue weighted by Gasteiger charge is -2.02. The quantitative estimate of drug-likeness (QED) is 0.338. The molecule has 0 saturated heterocycles. The zero-order valence-electron chi connectivity index (χ0n) is 6.49. The third kappa shape index (κ3) is 7.74. The Kier molecular flexibility index (Phi) is 3.70. The highest BCUT2D eigenvalue weighted by Crippen LogP contribution is 1.97. The molecule has 3 heteroatoms. The molecule has 0 aromatic rings. The number of hydrogen-bond acceptors (Lipinski definition) is 1. The minimum atomic E-state index is -1.30. The fourth-order valence-corrected chi connectivity index (χ4v) is 1.06. The van der Waals surface area contributed by atoms with Crippen molar-refractivity contribution in [1.82, 2.24) is 0 Å². The number of rotatable bonds is 1. The number of hydrogen-bond donors (Lipinski definition) is 0. The SMILES string of the molecule is C[Si](C)(C)C#CCC(=O)Cl. The molecule has 0 radical (unpaired) electrons. The first-order chi connectivity index (χ1) is 4.42. The molecule has 0 bridgehead atoms. The zero-order chi connectivity index (χ0) is 8.20. The average molecular weight is 175 g/mol. The largest absolute Gasteiger partial charge is 0.280 e. The van der Waals surface area contributed by atoms with Crippen LogP contribution in [0.2, 0.25) is 19.6 Å². The summed E-state index contributed by atoms with van der Waals surface area (Å²) in [4.78, 5) is 10.2. The lowest BCUT2D eigenvalue weighted by atomic mass is 10.5. The predicted octanol–water partition coefficient (Wildman–Crippen LogP) is 2.02. The highest BCUT2D eigenvalue weighted by Gasteiger charge is 2.07. The van der Waals surface area contributed by atoms with Gasteiger partial charge in [-0.1, -0.05) is 19.6 Å². The van der Waals surface area contributed by atoms with Crippen molar-refractivity contribution in [2.24, 2.45) is 0 Å². The van der Waals surface area contributed by atoms with E-state index in [-0.39, 0.29) is 11.7 Å². The summed E-state index contributed by atoms with van der Waals surface area (Å²) in [7, 11) is -1.30. The molecule has 0 atom stereocenters. The second-order valence-corrected chi connectivity index (χ2v) is 8.26. The Labute approximate surface area is 67.8 Å². The van der Waals surface area contributed by atoms with Crippen molar-refractivity contribution in [2.45, 2.75) is 26.1 Å². The van der Waals surface area contributed by atoms with Gasteiger partial charge in [0.2, 0.25) is 5.24 Å². The van der Waals surface area contributed by atoms with E-state index < -0.39 is 8.07 Å². The molecule has 0 saturated carbocycles. The monoisotopic (exact) mass is 174 g/mol. The van der Waals surface area contributed by atoms with Crippen LogP contribution in [0, 0.1) is 11.5 Å². The fraction of sp³-hybridized carbons (Fsp3) is 0.571. The lowest BCUT2D eigenvalue weighted by molar-refractivity contribution is -0.110. The Hall–Kier alpha value is -0.263. The van der Waals surface area contributed by atoms with Crippen molar-refractivity contribution in [1.29, 1.82) is 0 Å². The molecule has 0 aliphatic carbocycles. The van der Waals surface area contributed by atoms with Crippen LogP contribution in [0.5, 0.6) is 0 Å². The normalized spacial score (nSPS) is 10.0. The summed E-state index contributed by atoms with van der Waals surface area (Å²) in [5.74, 6) is 2.76. The molecule has 0 aliphatic heterocycles. The molecule has 1 nitrogen and oxygen atoms in total. The van der Waals surface area contributed by atoms with Gasteiger partial charge in [-0.05, 0) is 11.6 Å². The molecule has 0 amide bonds. The first kappa shape index (κ1) is 9.74. The zero-order valence-corrected chi connectivity index (χ0v) is 8.25. The summed E-state index contributed by atoms with van der Waals surface area (Å²) < 4.78 is 0. The van der Waals surface area contributed by atoms with Crippen LogP contribution in [0.4, 0.5) is 0 Å². The minimum Gasteiger partial charge on any atom is -0.280 e. The van der Waals surface area contributed by atoms with Crippen LogP contribution in [0.25, 0.3) is 0 Å². The summed E-state index contributed by atoms with van der Waals surface area (Å²) in [6, 6.07) is 0. The van der Waals surface area contributed by atoms with Gasteiger partial charge in [0, 0.05) is 0 Å². The Morgan fingerprint density at radius 1 is 1.50 bits per heavy atom. The summed E-state index contributed by atoms with van der Waals surface area (Å²) in [6.45, 7) is 6.37. The molecule has 0 unspecified atom stereocenters. The summed E-state index contributed by atoms with van der Waals surface area (Å²) in [5.41, 5.74) is 3.04. The average Bonchev–Trinajstić information content (AvgIpc) is 1.59. The lowest BCUT2D eigenvalue weighted by Crippen LogP contribution is -2.16. The Morgan fingerprint density at radius 2 is 2.00 bits per heavy atom. The van der Waals surface area contributed by atoms with Crippen LogP contribution in [-0.2, 0) is 4.79 Å². The van der Waals surface area contributed by atoms with Crippen molar-refractivity contribution in [3.05, 3.63) is 0 Å². The van der Waals surface area contributed by atoms with Crippen molar-refractivity contribution in [2.75, 3.05) is 0 Å². The van der Waals surface area contributed by atoms with E-state index in [0.29, 0.717) is 0 Å². The summed E-state index contributed by atoms with van der Waals surface area (Å²) in [5, 5.41) is -0.370. The summed E-state index contributed by atoms with van der Waals surface area (Å²) in [6.07, 6.45) is 0.186. The molecule has 56 valence electrons. The van der Waals surface area contributed by atoms with Gasteiger partial charge in [-0.3, -0.25) is 4.79 Å². The maximum Gasteiger partial charge on any atom is 0.233 e. The smallest absolute Gasteiger partial charge is 0.233 e. The van der Waals surface area contributed by atoms with Gasteiger partial charge in [0.05, 0.1) is 6.42 Å². The first-order valence-corrected chi connectivity index (χ1v) is 6.98. The van der Waals surface area contributed by atoms with E-state index in [9.17, 15) is 4.79 Å². The second-order valence-electron chi connectivity index (χ2n) is 3.08. The number of halogens is 1. The molecule has 0 fully saturated rings. The van der Waals surface area contributed by atoms with Crippen LogP contribution in [-0.4, -0.2) is 13.3 Å². The second kappa shape index (κ2) is 3.80. The van der Waals surface area contributed by atoms with Gasteiger partial charge in [-0.25, -0.2) is 0 Å². The number of carbonyl (C=O) groups is 1. The highest BCUT2D eigenvalue weighted by molar-refractivity contribution is 6.83. The molecule has 10 heavy (non-hydrogen) atoms. The number of carbonyl (C=O) groups excluding carboxylic acids is 1. The Bertz CT molecular complexity index is 182. The van der Waals surface area contributed by atoms with Crippen molar-refractivity contribution >= 4 is 24.9 Å². The molecule has 0 heterocycles. The molecule has 0 N–H and O–H groups in total. The van der Waals surface area contributed by atoms with Gasteiger partial charge >= 0.3 is 0 Å². The van der Waals surface area contributed by atoms with Gasteiger partial charge in [0.1, 0.15) is 8.07 Å². The van der Waals surface area contributed by atoms with E-state index in [1.165, 1.54) is 0 Å². The minimum absolute atomic E-state index is 0.186. The molecule has 0 rings (SSSR count). The molecular weight excluding hydrogens is 164 g/mol. The van der Waals surface area contributed by atoms with E-state index in [1.54, 1.807) is 0 Å². The Balaban J connectivity index is 3.82. The van der Waals surface area contributed by atoms with Gasteiger partial charge in [-0.2, -0.15) is 0 Å². The van der Waals surface area contributed by atoms with Gasteiger partial charge in [0.15, 0.2) is 0 Å². The van der Waals surface area contributed by atoms with Crippen LogP contribution < -0.4 is 0 Å². The third-order valence-electron chi connectivity index (χ3n) is 0.691. The van der Waals surface area contributed by atoms with E-state index in [1.807, 2.05) is 0 Å². The topological polar surface area (TPSA) is 17.1 Å². The van der Waals surface area contributed by atoms with E-state index >= 15 is 0 Å². The van der Waals surface area contributed by atoms with Crippen LogP contribution in [0.3, 0.4) is 0 Å². The molecule has 0 aliphatic rings.